The van der Waals surface area contributed by atoms with Gasteiger partial charge in [0.05, 0.1) is 17.0 Å². The van der Waals surface area contributed by atoms with Gasteiger partial charge in [0.25, 0.3) is 11.5 Å². The average Bonchev–Trinajstić information content (AvgIpc) is 3.35. The van der Waals surface area contributed by atoms with Crippen LogP contribution in [0.4, 0.5) is 5.69 Å². The lowest BCUT2D eigenvalue weighted by Crippen LogP contribution is -2.23. The second-order valence-electron chi connectivity index (χ2n) is 8.40. The van der Waals surface area contributed by atoms with Crippen LogP contribution in [0, 0.1) is 20.8 Å². The third-order valence-electron chi connectivity index (χ3n) is 6.29. The van der Waals surface area contributed by atoms with E-state index in [1.54, 1.807) is 14.0 Å². The topological polar surface area (TPSA) is 81.8 Å². The van der Waals surface area contributed by atoms with Crippen LogP contribution in [-0.2, 0) is 13.6 Å². The van der Waals surface area contributed by atoms with Crippen molar-refractivity contribution < 1.29 is 4.79 Å². The maximum Gasteiger partial charge on any atom is 0.277 e. The minimum absolute atomic E-state index is 0.221. The van der Waals surface area contributed by atoms with Gasteiger partial charge in [0.2, 0.25) is 0 Å². The van der Waals surface area contributed by atoms with Gasteiger partial charge in [0.1, 0.15) is 9.88 Å². The Kier molecular flexibility index (Phi) is 5.32. The van der Waals surface area contributed by atoms with Gasteiger partial charge in [-0.2, -0.15) is 5.10 Å². The molecule has 0 bridgehead atoms. The molecular weight excluding hydrogens is 446 g/mol. The maximum absolute atomic E-state index is 13.2. The molecule has 8 heteroatoms. The SMILES string of the molecule is CCn1c2ccccc2c2cc(NC(=O)c3sc(-c4c(C)c(C)nn(C)c4=O)nc3C)ccc21. The first-order chi connectivity index (χ1) is 16.3. The van der Waals surface area contributed by atoms with Gasteiger partial charge >= 0.3 is 0 Å². The van der Waals surface area contributed by atoms with Crippen LogP contribution < -0.4 is 10.9 Å². The molecule has 172 valence electrons. The van der Waals surface area contributed by atoms with Crippen LogP contribution in [0.3, 0.4) is 0 Å². The number of nitrogens with one attached hydrogen (secondary N) is 1. The summed E-state index contributed by atoms with van der Waals surface area (Å²) in [6, 6.07) is 14.3. The van der Waals surface area contributed by atoms with Crippen LogP contribution in [0.1, 0.15) is 33.5 Å². The molecule has 1 N–H and O–H groups in total. The molecule has 0 aliphatic rings. The fourth-order valence-electron chi connectivity index (χ4n) is 4.47. The number of thiazole rings is 1. The van der Waals surface area contributed by atoms with E-state index >= 15 is 0 Å². The first-order valence-corrected chi connectivity index (χ1v) is 12.0. The van der Waals surface area contributed by atoms with Gasteiger partial charge in [-0.15, -0.1) is 11.3 Å². The molecule has 7 nitrogen and oxygen atoms in total. The second kappa shape index (κ2) is 8.22. The Morgan fingerprint density at radius 2 is 1.76 bits per heavy atom. The highest BCUT2D eigenvalue weighted by Crippen LogP contribution is 2.32. The number of fused-ring (bicyclic) bond motifs is 3. The highest BCUT2D eigenvalue weighted by Gasteiger charge is 2.21. The van der Waals surface area contributed by atoms with E-state index in [-0.39, 0.29) is 11.5 Å². The lowest BCUT2D eigenvalue weighted by Gasteiger charge is -2.07. The summed E-state index contributed by atoms with van der Waals surface area (Å²) >= 11 is 1.23. The molecule has 0 aliphatic carbocycles. The summed E-state index contributed by atoms with van der Waals surface area (Å²) in [5.41, 5.74) is 5.44. The zero-order chi connectivity index (χ0) is 24.1. The number of aryl methyl sites for hydroxylation is 4. The predicted molar refractivity (Wildman–Crippen MR) is 138 cm³/mol. The number of rotatable bonds is 4. The molecule has 2 aromatic carbocycles. The van der Waals surface area contributed by atoms with E-state index in [1.165, 1.54) is 21.5 Å². The Morgan fingerprint density at radius 1 is 1.03 bits per heavy atom. The second-order valence-corrected chi connectivity index (χ2v) is 9.39. The minimum atomic E-state index is -0.236. The number of anilines is 1. The molecule has 0 unspecified atom stereocenters. The Labute approximate surface area is 200 Å². The van der Waals surface area contributed by atoms with Crippen molar-refractivity contribution in [2.24, 2.45) is 7.05 Å². The number of hydrogen-bond acceptors (Lipinski definition) is 5. The quantitative estimate of drug-likeness (QED) is 0.390. The van der Waals surface area contributed by atoms with Crippen molar-refractivity contribution >= 4 is 44.7 Å². The molecule has 34 heavy (non-hydrogen) atoms. The number of carbonyl (C=O) groups is 1. The lowest BCUT2D eigenvalue weighted by atomic mass is 10.1. The highest BCUT2D eigenvalue weighted by molar-refractivity contribution is 7.17. The number of para-hydroxylation sites is 1. The van der Waals surface area contributed by atoms with Crippen molar-refractivity contribution in [3.63, 3.8) is 0 Å². The van der Waals surface area contributed by atoms with Crippen LogP contribution in [0.15, 0.2) is 47.3 Å². The fourth-order valence-corrected chi connectivity index (χ4v) is 5.53. The fraction of sp³-hybridized carbons (Fsp3) is 0.231. The summed E-state index contributed by atoms with van der Waals surface area (Å²) in [5.74, 6) is -0.236. The third kappa shape index (κ3) is 3.42. The summed E-state index contributed by atoms with van der Waals surface area (Å²) in [5, 5.41) is 10.1. The summed E-state index contributed by atoms with van der Waals surface area (Å²) in [4.78, 5) is 31.0. The summed E-state index contributed by atoms with van der Waals surface area (Å²) < 4.78 is 3.59. The Balaban J connectivity index is 1.52. The van der Waals surface area contributed by atoms with Gasteiger partial charge in [0.15, 0.2) is 0 Å². The monoisotopic (exact) mass is 471 g/mol. The van der Waals surface area contributed by atoms with Crippen LogP contribution in [-0.4, -0.2) is 25.2 Å². The molecule has 0 atom stereocenters. The van der Waals surface area contributed by atoms with E-state index in [2.05, 4.69) is 39.0 Å². The van der Waals surface area contributed by atoms with Gasteiger partial charge in [-0.1, -0.05) is 18.2 Å². The highest BCUT2D eigenvalue weighted by atomic mass is 32.1. The largest absolute Gasteiger partial charge is 0.341 e. The van der Waals surface area contributed by atoms with Gasteiger partial charge in [-0.05, 0) is 57.5 Å². The molecule has 0 spiro atoms. The number of hydrogen-bond donors (Lipinski definition) is 1. The van der Waals surface area contributed by atoms with E-state index in [0.717, 1.165) is 39.8 Å². The minimum Gasteiger partial charge on any atom is -0.341 e. The maximum atomic E-state index is 13.2. The first-order valence-electron chi connectivity index (χ1n) is 11.1. The molecule has 0 saturated carbocycles. The van der Waals surface area contributed by atoms with E-state index in [1.807, 2.05) is 44.2 Å². The zero-order valence-electron chi connectivity index (χ0n) is 19.8. The Bertz CT molecular complexity index is 1660. The Morgan fingerprint density at radius 3 is 2.53 bits per heavy atom. The lowest BCUT2D eigenvalue weighted by molar-refractivity contribution is 0.103. The number of aromatic nitrogens is 4. The smallest absolute Gasteiger partial charge is 0.277 e. The number of benzene rings is 2. The molecule has 0 saturated heterocycles. The first kappa shape index (κ1) is 22.0. The van der Waals surface area contributed by atoms with E-state index in [0.29, 0.717) is 21.1 Å². The van der Waals surface area contributed by atoms with Crippen molar-refractivity contribution in [2.45, 2.75) is 34.2 Å². The third-order valence-corrected chi connectivity index (χ3v) is 7.46. The molecule has 3 heterocycles. The van der Waals surface area contributed by atoms with Crippen molar-refractivity contribution in [1.29, 1.82) is 0 Å². The van der Waals surface area contributed by atoms with Gasteiger partial charge in [0, 0.05) is 41.1 Å². The zero-order valence-corrected chi connectivity index (χ0v) is 20.6. The van der Waals surface area contributed by atoms with Crippen LogP contribution in [0.25, 0.3) is 32.4 Å². The van der Waals surface area contributed by atoms with E-state index in [9.17, 15) is 9.59 Å². The standard InChI is InChI=1S/C26H25N5O2S/c1-6-31-20-10-8-7-9-18(20)19-13-17(11-12-21(19)31)28-24(32)23-16(4)27-25(34-23)22-14(2)15(3)29-30(5)26(22)33/h7-13H,6H2,1-5H3,(H,28,32). The summed E-state index contributed by atoms with van der Waals surface area (Å²) in [6.07, 6.45) is 0. The number of carbonyl (C=O) groups excluding carboxylic acids is 1. The van der Waals surface area contributed by atoms with Gasteiger partial charge < -0.3 is 9.88 Å². The molecule has 0 fully saturated rings. The van der Waals surface area contributed by atoms with Crippen molar-refractivity contribution in [3.8, 4) is 10.6 Å². The molecule has 0 aliphatic heterocycles. The average molecular weight is 472 g/mol. The van der Waals surface area contributed by atoms with Crippen molar-refractivity contribution in [3.05, 3.63) is 74.6 Å². The van der Waals surface area contributed by atoms with Gasteiger partial charge in [-0.25, -0.2) is 9.67 Å². The number of nitrogens with zero attached hydrogens (tertiary/aromatic N) is 4. The molecule has 3 aromatic heterocycles. The molecule has 1 amide bonds. The van der Waals surface area contributed by atoms with Crippen molar-refractivity contribution in [2.75, 3.05) is 5.32 Å². The Hall–Kier alpha value is -3.78. The number of amides is 1. The predicted octanol–water partition coefficient (Wildman–Crippen LogP) is 5.21. The molecule has 0 radical (unpaired) electrons. The van der Waals surface area contributed by atoms with Crippen molar-refractivity contribution in [1.82, 2.24) is 19.3 Å². The molecular formula is C26H25N5O2S. The van der Waals surface area contributed by atoms with E-state index < -0.39 is 0 Å². The molecule has 5 rings (SSSR count). The van der Waals surface area contributed by atoms with Crippen LogP contribution in [0.2, 0.25) is 0 Å². The molecule has 5 aromatic rings. The van der Waals surface area contributed by atoms with Crippen LogP contribution >= 0.6 is 11.3 Å². The van der Waals surface area contributed by atoms with E-state index in [4.69, 9.17) is 0 Å². The normalized spacial score (nSPS) is 11.4. The van der Waals surface area contributed by atoms with Crippen LogP contribution in [0.5, 0.6) is 0 Å². The summed E-state index contributed by atoms with van der Waals surface area (Å²) in [7, 11) is 1.62. The van der Waals surface area contributed by atoms with Gasteiger partial charge in [-0.3, -0.25) is 9.59 Å². The summed E-state index contributed by atoms with van der Waals surface area (Å²) in [6.45, 7) is 8.51.